The van der Waals surface area contributed by atoms with E-state index >= 15 is 0 Å². The molecular formula is C57H88FN5O15. The molecule has 3 aliphatic rings. The molecular weight excluding hydrogens is 1010 g/mol. The number of benzene rings is 1. The van der Waals surface area contributed by atoms with E-state index in [1.807, 2.05) is 56.1 Å². The number of alkyl halides is 1. The first-order chi connectivity index (χ1) is 36.8. The van der Waals surface area contributed by atoms with E-state index in [0.717, 1.165) is 16.7 Å². The van der Waals surface area contributed by atoms with Gasteiger partial charge >= 0.3 is 5.97 Å². The number of ether oxygens (including phenoxy) is 8. The van der Waals surface area contributed by atoms with Gasteiger partial charge in [0.15, 0.2) is 12.6 Å². The smallest absolute Gasteiger partial charge is 0.311 e. The van der Waals surface area contributed by atoms with Gasteiger partial charge in [-0.2, -0.15) is 0 Å². The van der Waals surface area contributed by atoms with Gasteiger partial charge in [-0.25, -0.2) is 9.07 Å². The molecule has 1 aromatic carbocycles. The maximum absolute atomic E-state index is 15.0. The van der Waals surface area contributed by atoms with Crippen molar-refractivity contribution >= 4 is 11.8 Å². The van der Waals surface area contributed by atoms with Gasteiger partial charge in [0, 0.05) is 82.5 Å². The van der Waals surface area contributed by atoms with Gasteiger partial charge in [0.2, 0.25) is 0 Å². The Morgan fingerprint density at radius 2 is 1.54 bits per heavy atom. The summed E-state index contributed by atoms with van der Waals surface area (Å²) in [6.45, 7) is 16.3. The van der Waals surface area contributed by atoms with Crippen LogP contribution in [0.15, 0.2) is 48.8 Å². The van der Waals surface area contributed by atoms with Crippen LogP contribution < -0.4 is 0 Å². The van der Waals surface area contributed by atoms with Crippen LogP contribution in [0.25, 0.3) is 11.1 Å². The number of hydrogen-bond acceptors (Lipinski definition) is 19. The summed E-state index contributed by atoms with van der Waals surface area (Å²) in [5.74, 6) is -4.90. The summed E-state index contributed by atoms with van der Waals surface area (Å²) < 4.78 is 67.1. The third-order valence-corrected chi connectivity index (χ3v) is 17.1. The van der Waals surface area contributed by atoms with Crippen molar-refractivity contribution in [2.75, 3.05) is 41.6 Å². The van der Waals surface area contributed by atoms with Crippen molar-refractivity contribution in [2.24, 2.45) is 23.7 Å². The number of cyclic esters (lactones) is 1. The summed E-state index contributed by atoms with van der Waals surface area (Å²) in [5, 5.41) is 65.1. The summed E-state index contributed by atoms with van der Waals surface area (Å²) in [6.07, 6.45) is -7.04. The number of Topliss-reactive ketones (excluding diaryl/α,β-unsaturated/α-hetero) is 1. The van der Waals surface area contributed by atoms with Crippen LogP contribution in [0.2, 0.25) is 0 Å². The lowest BCUT2D eigenvalue weighted by atomic mass is 9.74. The molecule has 438 valence electrons. The summed E-state index contributed by atoms with van der Waals surface area (Å²) in [7, 11) is 6.37. The minimum atomic E-state index is -2.02. The Bertz CT molecular complexity index is 2380. The second kappa shape index (κ2) is 26.8. The van der Waals surface area contributed by atoms with Crippen molar-refractivity contribution in [1.82, 2.24) is 24.9 Å². The molecule has 78 heavy (non-hydrogen) atoms. The lowest BCUT2D eigenvalue weighted by molar-refractivity contribution is -0.319. The van der Waals surface area contributed by atoms with Crippen LogP contribution in [0.5, 0.6) is 0 Å². The van der Waals surface area contributed by atoms with Crippen LogP contribution in [0, 0.1) is 23.7 Å². The molecule has 0 unspecified atom stereocenters. The van der Waals surface area contributed by atoms with Crippen molar-refractivity contribution < 1.29 is 77.4 Å². The fraction of sp³-hybridized carbons (Fsp3) is 0.737. The molecule has 0 spiro atoms. The standard InChI is InChI=1S/C57H88FN5O15/c1-15-44-57(10,70)50(67)33(4)46(65)31(2)25-56(9,73-14)52(34(5)48(35(6)53(69)76-44)77-45-26-55(8,72-13)51(68)36(7)75-45)78-54-47(66)42(24-32(3)74-54)62(11)23-22-40-29-63(61-60-40)43(27-58)49(71-12)38-18-16-37(17-19-38)39-20-21-41(30-64)59-28-39/h16-21,28-29,31-36,42-45,47-52,54,64,66-68,70H,15,22-27,30H2,1-14H3/t31-,32-,33+,34+,35-,36+,42+,43-,44-,45+,47-,48+,49-,50-,51+,52-,54+,55-,56-,57-/m1/s1. The van der Waals surface area contributed by atoms with Crippen LogP contribution in [-0.4, -0.2) is 188 Å². The van der Waals surface area contributed by atoms with Crippen LogP contribution in [0.3, 0.4) is 0 Å². The third-order valence-electron chi connectivity index (χ3n) is 17.1. The fourth-order valence-electron chi connectivity index (χ4n) is 11.9. The first kappa shape index (κ1) is 63.2. The van der Waals surface area contributed by atoms with Crippen molar-refractivity contribution in [3.05, 3.63) is 65.7 Å². The summed E-state index contributed by atoms with van der Waals surface area (Å²) in [5.41, 5.74) is -0.833. The molecule has 21 heteroatoms. The molecule has 6 rings (SSSR count). The number of rotatable bonds is 18. The highest BCUT2D eigenvalue weighted by molar-refractivity contribution is 5.83. The zero-order valence-electron chi connectivity index (χ0n) is 48.0. The lowest BCUT2D eigenvalue weighted by Crippen LogP contribution is -2.61. The largest absolute Gasteiger partial charge is 0.459 e. The monoisotopic (exact) mass is 1100 g/mol. The maximum atomic E-state index is 15.0. The Balaban J connectivity index is 1.26. The second-order valence-electron chi connectivity index (χ2n) is 22.8. The van der Waals surface area contributed by atoms with Crippen LogP contribution in [-0.2, 0) is 60.5 Å². The topological polar surface area (TPSA) is 256 Å². The minimum Gasteiger partial charge on any atom is -0.459 e. The number of nitrogens with zero attached hydrogens (tertiary/aromatic N) is 5. The number of carbonyl (C=O) groups excluding carboxylic acids is 2. The van der Waals surface area contributed by atoms with E-state index in [1.165, 1.54) is 39.9 Å². The van der Waals surface area contributed by atoms with Crippen LogP contribution >= 0.6 is 0 Å². The number of carbonyl (C=O) groups is 2. The van der Waals surface area contributed by atoms with E-state index in [9.17, 15) is 39.5 Å². The number of ketones is 1. The lowest BCUT2D eigenvalue weighted by Gasteiger charge is -2.50. The highest BCUT2D eigenvalue weighted by Crippen LogP contribution is 2.42. The summed E-state index contributed by atoms with van der Waals surface area (Å²) in [4.78, 5) is 35.1. The average molecular weight is 1100 g/mol. The van der Waals surface area contributed by atoms with E-state index in [4.69, 9.17) is 37.9 Å². The SMILES string of the molecule is CC[C@H]1OC(=O)[C@H](C)[C@@H](O[C@H]2C[C@@](C)(OC)[C@@H](O)[C@H](C)O2)[C@H](C)[C@@H](O[C@@H]2O[C@H](C)C[C@H](N(C)CCc3cn([C@H](CF)[C@H](OC)c4ccc(-c5ccc(CO)nc5)cc4)nn3)[C@H]2O)[C@](C)(OC)C[C@@H](C)C(=O)[C@H](C)[C@@H](O)[C@]1(C)O. The summed E-state index contributed by atoms with van der Waals surface area (Å²) >= 11 is 0. The normalized spacial score (nSPS) is 37.4. The number of pyridine rings is 1. The van der Waals surface area contributed by atoms with Gasteiger partial charge in [0.25, 0.3) is 0 Å². The zero-order chi connectivity index (χ0) is 57.6. The molecule has 3 aliphatic heterocycles. The van der Waals surface area contributed by atoms with Crippen molar-refractivity contribution in [3.63, 3.8) is 0 Å². The van der Waals surface area contributed by atoms with Gasteiger partial charge in [-0.1, -0.05) is 63.2 Å². The van der Waals surface area contributed by atoms with Gasteiger partial charge < -0.3 is 68.3 Å². The molecule has 3 saturated heterocycles. The van der Waals surface area contributed by atoms with E-state index in [-0.39, 0.29) is 31.7 Å². The fourth-order valence-corrected chi connectivity index (χ4v) is 11.9. The zero-order valence-corrected chi connectivity index (χ0v) is 48.0. The molecule has 2 aromatic heterocycles. The number of aliphatic hydroxyl groups is 5. The van der Waals surface area contributed by atoms with Crippen LogP contribution in [0.4, 0.5) is 4.39 Å². The predicted molar refractivity (Wildman–Crippen MR) is 284 cm³/mol. The van der Waals surface area contributed by atoms with Gasteiger partial charge in [-0.3, -0.25) is 14.6 Å². The number of likely N-dealkylation sites (N-methyl/N-ethyl adjacent to an activating group) is 1. The van der Waals surface area contributed by atoms with E-state index in [2.05, 4.69) is 15.3 Å². The number of aliphatic hydroxyl groups excluding tert-OH is 4. The average Bonchev–Trinajstić information content (AvgIpc) is 3.95. The molecule has 5 heterocycles. The molecule has 0 aliphatic carbocycles. The molecule has 5 N–H and O–H groups in total. The Morgan fingerprint density at radius 1 is 0.872 bits per heavy atom. The van der Waals surface area contributed by atoms with Crippen molar-refractivity contribution in [1.29, 1.82) is 0 Å². The number of esters is 1. The number of methoxy groups -OCH3 is 3. The number of halogens is 1. The van der Waals surface area contributed by atoms with E-state index in [1.54, 1.807) is 60.0 Å². The van der Waals surface area contributed by atoms with E-state index < -0.39 is 133 Å². The van der Waals surface area contributed by atoms with Gasteiger partial charge in [0.05, 0.1) is 65.6 Å². The first-order valence-electron chi connectivity index (χ1n) is 27.4. The quantitative estimate of drug-likeness (QED) is 0.104. The first-order valence-corrected chi connectivity index (χ1v) is 27.4. The van der Waals surface area contributed by atoms with Crippen LogP contribution in [0.1, 0.15) is 124 Å². The molecule has 0 radical (unpaired) electrons. The number of hydrogen-bond donors (Lipinski definition) is 5. The predicted octanol–water partition coefficient (Wildman–Crippen LogP) is 5.10. The molecule has 20 atom stereocenters. The van der Waals surface area contributed by atoms with Gasteiger partial charge in [0.1, 0.15) is 48.5 Å². The Kier molecular flexibility index (Phi) is 21.7. The Hall–Kier alpha value is -3.94. The highest BCUT2D eigenvalue weighted by atomic mass is 19.1. The van der Waals surface area contributed by atoms with E-state index in [0.29, 0.717) is 30.8 Å². The summed E-state index contributed by atoms with van der Waals surface area (Å²) in [6, 6.07) is 9.85. The molecule has 3 aromatic rings. The Labute approximate surface area is 459 Å². The van der Waals surface area contributed by atoms with Gasteiger partial charge in [-0.05, 0) is 85.0 Å². The number of aromatic nitrogens is 4. The molecule has 0 saturated carbocycles. The van der Waals surface area contributed by atoms with Gasteiger partial charge in [-0.15, -0.1) is 5.10 Å². The Morgan fingerprint density at radius 3 is 2.13 bits per heavy atom. The van der Waals surface area contributed by atoms with Crippen molar-refractivity contribution in [3.8, 4) is 11.1 Å². The maximum Gasteiger partial charge on any atom is 0.311 e. The second-order valence-corrected chi connectivity index (χ2v) is 22.8. The highest BCUT2D eigenvalue weighted by Gasteiger charge is 2.54. The molecule has 20 nitrogen and oxygen atoms in total. The van der Waals surface area contributed by atoms with Crippen molar-refractivity contribution in [2.45, 2.75) is 204 Å². The molecule has 3 fully saturated rings. The molecule has 0 bridgehead atoms. The molecule has 0 amide bonds. The minimum absolute atomic E-state index is 0.0345. The third kappa shape index (κ3) is 13.9.